The highest BCUT2D eigenvalue weighted by atomic mass is 16.5. The maximum absolute atomic E-state index is 13.0. The van der Waals surface area contributed by atoms with Gasteiger partial charge in [-0.25, -0.2) is 0 Å². The Labute approximate surface area is 200 Å². The summed E-state index contributed by atoms with van der Waals surface area (Å²) in [4.78, 5) is 24.5. The van der Waals surface area contributed by atoms with Gasteiger partial charge in [-0.2, -0.15) is 4.98 Å². The van der Waals surface area contributed by atoms with Crippen molar-refractivity contribution in [1.82, 2.24) is 14.9 Å². The van der Waals surface area contributed by atoms with Crippen LogP contribution in [-0.2, 0) is 11.3 Å². The van der Waals surface area contributed by atoms with Crippen molar-refractivity contribution in [2.45, 2.75) is 26.4 Å². The van der Waals surface area contributed by atoms with Crippen LogP contribution in [0, 0.1) is 0 Å². The summed E-state index contributed by atoms with van der Waals surface area (Å²) in [6.07, 6.45) is 0. The van der Waals surface area contributed by atoms with Gasteiger partial charge in [-0.3, -0.25) is 9.69 Å². The quantitative estimate of drug-likeness (QED) is 0.426. The Morgan fingerprint density at radius 1 is 1.06 bits per heavy atom. The lowest BCUT2D eigenvalue weighted by atomic mass is 10.0. The van der Waals surface area contributed by atoms with E-state index in [0.29, 0.717) is 48.2 Å². The Balaban J connectivity index is 1.91. The molecule has 0 aliphatic rings. The Hall–Kier alpha value is -3.30. The molecule has 9 heteroatoms. The number of nitrogens with zero attached hydrogens (tertiary/aromatic N) is 3. The number of aromatic amines is 1. The maximum Gasteiger partial charge on any atom is 0.286 e. The van der Waals surface area contributed by atoms with Gasteiger partial charge in [0.25, 0.3) is 5.56 Å². The van der Waals surface area contributed by atoms with Crippen molar-refractivity contribution in [3.8, 4) is 17.2 Å². The number of benzene rings is 2. The molecule has 0 aliphatic carbocycles. The molecular weight excluding hydrogens is 436 g/mol. The second-order valence-electron chi connectivity index (χ2n) is 8.09. The zero-order chi connectivity index (χ0) is 24.8. The standard InChI is InChI=1S/C25H34N4O5/c1-8-34-15-29(4)16(2)18-11-9-10-17(12-18)14-28(3)25-26-19-13-20(31-5)22(32-6)23(33-7)21(19)24(30)27-25/h9-13,16H,8,14-15H2,1-7H3,(H,26,27,30). The SMILES string of the molecule is CCOCN(C)C(C)c1cccc(CN(C)c2nc(=O)c3c(OC)c(OC)c(OC)cc3[nH]2)c1. The van der Waals surface area contributed by atoms with Crippen LogP contribution in [-0.4, -0.2) is 63.6 Å². The van der Waals surface area contributed by atoms with E-state index in [1.165, 1.54) is 26.9 Å². The van der Waals surface area contributed by atoms with E-state index in [0.717, 1.165) is 5.56 Å². The largest absolute Gasteiger partial charge is 0.493 e. The van der Waals surface area contributed by atoms with Gasteiger partial charge in [0, 0.05) is 32.3 Å². The smallest absolute Gasteiger partial charge is 0.286 e. The lowest BCUT2D eigenvalue weighted by Gasteiger charge is -2.25. The number of rotatable bonds is 11. The fraction of sp³-hybridized carbons (Fsp3) is 0.440. The predicted molar refractivity (Wildman–Crippen MR) is 133 cm³/mol. The van der Waals surface area contributed by atoms with Crippen molar-refractivity contribution in [3.05, 3.63) is 51.8 Å². The van der Waals surface area contributed by atoms with Crippen molar-refractivity contribution < 1.29 is 18.9 Å². The average Bonchev–Trinajstić information content (AvgIpc) is 2.85. The Morgan fingerprint density at radius 2 is 1.79 bits per heavy atom. The van der Waals surface area contributed by atoms with E-state index in [9.17, 15) is 4.79 Å². The van der Waals surface area contributed by atoms with E-state index in [4.69, 9.17) is 18.9 Å². The zero-order valence-corrected chi connectivity index (χ0v) is 21.0. The average molecular weight is 471 g/mol. The fourth-order valence-electron chi connectivity index (χ4n) is 3.85. The summed E-state index contributed by atoms with van der Waals surface area (Å²) in [7, 11) is 8.45. The molecule has 0 fully saturated rings. The molecule has 0 saturated carbocycles. The normalized spacial score (nSPS) is 12.1. The second-order valence-corrected chi connectivity index (χ2v) is 8.09. The first-order valence-electron chi connectivity index (χ1n) is 11.1. The van der Waals surface area contributed by atoms with Crippen molar-refractivity contribution in [2.75, 3.05) is 53.7 Å². The van der Waals surface area contributed by atoms with Crippen LogP contribution in [0.1, 0.15) is 31.0 Å². The van der Waals surface area contributed by atoms with Gasteiger partial charge in [0.1, 0.15) is 5.39 Å². The van der Waals surface area contributed by atoms with Crippen molar-refractivity contribution in [2.24, 2.45) is 0 Å². The van der Waals surface area contributed by atoms with Crippen LogP contribution in [0.25, 0.3) is 10.9 Å². The van der Waals surface area contributed by atoms with Gasteiger partial charge >= 0.3 is 0 Å². The molecule has 9 nitrogen and oxygen atoms in total. The molecule has 1 atom stereocenters. The second kappa shape index (κ2) is 11.2. The molecule has 3 aromatic rings. The number of anilines is 1. The van der Waals surface area contributed by atoms with Gasteiger partial charge in [-0.1, -0.05) is 24.3 Å². The summed E-state index contributed by atoms with van der Waals surface area (Å²) in [5, 5.41) is 0.311. The molecule has 0 amide bonds. The molecule has 0 bridgehead atoms. The van der Waals surface area contributed by atoms with Gasteiger partial charge < -0.3 is 28.8 Å². The Morgan fingerprint density at radius 3 is 2.44 bits per heavy atom. The van der Waals surface area contributed by atoms with Gasteiger partial charge in [0.05, 0.1) is 33.6 Å². The number of fused-ring (bicyclic) bond motifs is 1. The minimum Gasteiger partial charge on any atom is -0.493 e. The minimum absolute atomic E-state index is 0.199. The van der Waals surface area contributed by atoms with E-state index < -0.39 is 5.56 Å². The van der Waals surface area contributed by atoms with E-state index >= 15 is 0 Å². The van der Waals surface area contributed by atoms with Gasteiger partial charge in [-0.15, -0.1) is 0 Å². The molecule has 1 unspecified atom stereocenters. The van der Waals surface area contributed by atoms with Gasteiger partial charge in [-0.05, 0) is 32.0 Å². The zero-order valence-electron chi connectivity index (χ0n) is 21.0. The number of methoxy groups -OCH3 is 3. The monoisotopic (exact) mass is 470 g/mol. The number of H-pyrrole nitrogens is 1. The molecule has 0 radical (unpaired) electrons. The maximum atomic E-state index is 13.0. The molecule has 2 aromatic carbocycles. The first kappa shape index (κ1) is 25.3. The molecule has 0 saturated heterocycles. The molecule has 0 spiro atoms. The summed E-state index contributed by atoms with van der Waals surface area (Å²) in [6.45, 7) is 5.96. The van der Waals surface area contributed by atoms with Crippen LogP contribution < -0.4 is 24.7 Å². The lowest BCUT2D eigenvalue weighted by Crippen LogP contribution is -2.26. The number of hydrogen-bond donors (Lipinski definition) is 1. The van der Waals surface area contributed by atoms with Gasteiger partial charge in [0.2, 0.25) is 11.7 Å². The lowest BCUT2D eigenvalue weighted by molar-refractivity contribution is 0.0307. The summed E-state index contributed by atoms with van der Waals surface area (Å²) in [5.74, 6) is 1.54. The van der Waals surface area contributed by atoms with E-state index in [-0.39, 0.29) is 11.8 Å². The minimum atomic E-state index is -0.409. The third-order valence-corrected chi connectivity index (χ3v) is 5.87. The molecule has 0 aliphatic heterocycles. The highest BCUT2D eigenvalue weighted by Crippen LogP contribution is 2.41. The Bertz CT molecular complexity index is 1180. The molecule has 3 rings (SSSR count). The first-order valence-corrected chi connectivity index (χ1v) is 11.1. The summed E-state index contributed by atoms with van der Waals surface area (Å²) in [5.41, 5.74) is 2.43. The van der Waals surface area contributed by atoms with Crippen LogP contribution >= 0.6 is 0 Å². The summed E-state index contributed by atoms with van der Waals surface area (Å²) >= 11 is 0. The van der Waals surface area contributed by atoms with Crippen LogP contribution in [0.15, 0.2) is 35.1 Å². The third-order valence-electron chi connectivity index (χ3n) is 5.87. The number of nitrogens with one attached hydrogen (secondary N) is 1. The predicted octanol–water partition coefficient (Wildman–Crippen LogP) is 3.57. The van der Waals surface area contributed by atoms with Crippen molar-refractivity contribution in [3.63, 3.8) is 0 Å². The molecule has 1 aromatic heterocycles. The first-order chi connectivity index (χ1) is 16.3. The molecule has 184 valence electrons. The van der Waals surface area contributed by atoms with Crippen LogP contribution in [0.4, 0.5) is 5.95 Å². The number of ether oxygens (including phenoxy) is 4. The molecule has 1 heterocycles. The van der Waals surface area contributed by atoms with Crippen LogP contribution in [0.3, 0.4) is 0 Å². The van der Waals surface area contributed by atoms with E-state index in [1.54, 1.807) is 6.07 Å². The Kier molecular flexibility index (Phi) is 8.36. The summed E-state index contributed by atoms with van der Waals surface area (Å²) < 4.78 is 21.8. The molecule has 1 N–H and O–H groups in total. The van der Waals surface area contributed by atoms with Crippen LogP contribution in [0.2, 0.25) is 0 Å². The molecular formula is C25H34N4O5. The topological polar surface area (TPSA) is 89.2 Å². The number of hydrogen-bond acceptors (Lipinski definition) is 8. The van der Waals surface area contributed by atoms with Gasteiger partial charge in [0.15, 0.2) is 11.5 Å². The summed E-state index contributed by atoms with van der Waals surface area (Å²) in [6, 6.07) is 10.3. The molecule has 34 heavy (non-hydrogen) atoms. The number of aromatic nitrogens is 2. The third kappa shape index (κ3) is 5.26. The highest BCUT2D eigenvalue weighted by molar-refractivity contribution is 5.90. The van der Waals surface area contributed by atoms with Crippen LogP contribution in [0.5, 0.6) is 17.2 Å². The van der Waals surface area contributed by atoms with Crippen molar-refractivity contribution >= 4 is 16.9 Å². The fourth-order valence-corrected chi connectivity index (χ4v) is 3.85. The highest BCUT2D eigenvalue weighted by Gasteiger charge is 2.21. The van der Waals surface area contributed by atoms with E-state index in [2.05, 4.69) is 40.0 Å². The van der Waals surface area contributed by atoms with Crippen molar-refractivity contribution in [1.29, 1.82) is 0 Å². The van der Waals surface area contributed by atoms with E-state index in [1.807, 2.05) is 32.0 Å².